The summed E-state index contributed by atoms with van der Waals surface area (Å²) in [6.45, 7) is 3.39. The van der Waals surface area contributed by atoms with Gasteiger partial charge in [-0.1, -0.05) is 6.08 Å². The molecule has 0 saturated heterocycles. The number of aromatic hydroxyl groups is 1. The Hall–Kier alpha value is -1.98. The van der Waals surface area contributed by atoms with Crippen LogP contribution in [0.2, 0.25) is 0 Å². The molecule has 17 heavy (non-hydrogen) atoms. The molecule has 0 amide bonds. The molecule has 90 valence electrons. The maximum Gasteiger partial charge on any atom is 0.449 e. The van der Waals surface area contributed by atoms with Crippen molar-refractivity contribution in [3.8, 4) is 5.75 Å². The molecule has 1 N–H and O–H groups in total. The number of phenolic OH excluding ortho intramolecular Hbond substituents is 1. The third-order valence-corrected chi connectivity index (χ3v) is 2.30. The van der Waals surface area contributed by atoms with E-state index in [0.29, 0.717) is 0 Å². The largest absolute Gasteiger partial charge is 0.508 e. The molecule has 0 unspecified atom stereocenters. The standard InChI is InChI=1S/C11H9F3N2O/c1-2-5-16-9-6-7(17)3-4-8(9)15-10(16)11(12,13)14/h2-4,6,17H,1,5H2. The average Bonchev–Trinajstić information content (AvgIpc) is 2.57. The van der Waals surface area contributed by atoms with E-state index >= 15 is 0 Å². The van der Waals surface area contributed by atoms with Crippen LogP contribution < -0.4 is 0 Å². The molecule has 0 spiro atoms. The molecule has 0 saturated carbocycles. The molecule has 0 aliphatic rings. The van der Waals surface area contributed by atoms with Crippen LogP contribution in [-0.2, 0) is 12.7 Å². The van der Waals surface area contributed by atoms with Gasteiger partial charge in [-0.3, -0.25) is 0 Å². The van der Waals surface area contributed by atoms with Crippen molar-refractivity contribution in [1.29, 1.82) is 0 Å². The molecular weight excluding hydrogens is 233 g/mol. The Morgan fingerprint density at radius 2 is 2.12 bits per heavy atom. The molecule has 2 rings (SSSR count). The van der Waals surface area contributed by atoms with Gasteiger partial charge in [-0.2, -0.15) is 13.2 Å². The van der Waals surface area contributed by atoms with Gasteiger partial charge in [-0.15, -0.1) is 6.58 Å². The molecule has 0 fully saturated rings. The molecule has 0 atom stereocenters. The number of phenols is 1. The molecule has 3 nitrogen and oxygen atoms in total. The zero-order chi connectivity index (χ0) is 12.6. The first-order valence-electron chi connectivity index (χ1n) is 4.81. The summed E-state index contributed by atoms with van der Waals surface area (Å²) in [4.78, 5) is 3.52. The maximum atomic E-state index is 12.7. The van der Waals surface area contributed by atoms with Crippen molar-refractivity contribution in [2.45, 2.75) is 12.7 Å². The van der Waals surface area contributed by atoms with Gasteiger partial charge in [0.2, 0.25) is 5.82 Å². The van der Waals surface area contributed by atoms with Gasteiger partial charge in [0, 0.05) is 12.6 Å². The second-order valence-electron chi connectivity index (χ2n) is 3.51. The van der Waals surface area contributed by atoms with E-state index in [1.807, 2.05) is 0 Å². The Morgan fingerprint density at radius 1 is 1.41 bits per heavy atom. The summed E-state index contributed by atoms with van der Waals surface area (Å²) < 4.78 is 39.2. The molecule has 0 aliphatic carbocycles. The molecule has 1 heterocycles. The number of rotatable bonds is 2. The van der Waals surface area contributed by atoms with Crippen molar-refractivity contribution >= 4 is 11.0 Å². The minimum absolute atomic E-state index is 0.0191. The lowest BCUT2D eigenvalue weighted by atomic mass is 10.3. The quantitative estimate of drug-likeness (QED) is 0.822. The fourth-order valence-corrected chi connectivity index (χ4v) is 1.64. The SMILES string of the molecule is C=CCn1c(C(F)(F)F)nc2ccc(O)cc21. The Kier molecular flexibility index (Phi) is 2.57. The first kappa shape index (κ1) is 11.5. The molecule has 1 aromatic heterocycles. The van der Waals surface area contributed by atoms with Crippen molar-refractivity contribution in [3.63, 3.8) is 0 Å². The zero-order valence-electron chi connectivity index (χ0n) is 8.70. The van der Waals surface area contributed by atoms with Crippen LogP contribution in [0.5, 0.6) is 5.75 Å². The number of hydrogen-bond acceptors (Lipinski definition) is 2. The summed E-state index contributed by atoms with van der Waals surface area (Å²) in [6, 6.07) is 3.90. The van der Waals surface area contributed by atoms with Crippen molar-refractivity contribution in [1.82, 2.24) is 9.55 Å². The predicted molar refractivity (Wildman–Crippen MR) is 56.6 cm³/mol. The predicted octanol–water partition coefficient (Wildman–Crippen LogP) is 2.95. The second-order valence-corrected chi connectivity index (χ2v) is 3.51. The van der Waals surface area contributed by atoms with Gasteiger partial charge in [0.15, 0.2) is 0 Å². The van der Waals surface area contributed by atoms with Gasteiger partial charge in [0.25, 0.3) is 0 Å². The fraction of sp³-hybridized carbons (Fsp3) is 0.182. The average molecular weight is 242 g/mol. The van der Waals surface area contributed by atoms with Crippen LogP contribution in [0.3, 0.4) is 0 Å². The van der Waals surface area contributed by atoms with Crippen LogP contribution in [0.15, 0.2) is 30.9 Å². The summed E-state index contributed by atoms with van der Waals surface area (Å²) in [5, 5.41) is 9.29. The number of nitrogens with zero attached hydrogens (tertiary/aromatic N) is 2. The third-order valence-electron chi connectivity index (χ3n) is 2.30. The Bertz CT molecular complexity index is 572. The smallest absolute Gasteiger partial charge is 0.449 e. The molecular formula is C11H9F3N2O. The van der Waals surface area contributed by atoms with Crippen molar-refractivity contribution < 1.29 is 18.3 Å². The summed E-state index contributed by atoms with van der Waals surface area (Å²) in [5.41, 5.74) is 0.425. The second kappa shape index (κ2) is 3.80. The monoisotopic (exact) mass is 242 g/mol. The van der Waals surface area contributed by atoms with E-state index in [4.69, 9.17) is 0 Å². The van der Waals surface area contributed by atoms with Crippen molar-refractivity contribution in [3.05, 3.63) is 36.7 Å². The molecule has 0 bridgehead atoms. The van der Waals surface area contributed by atoms with Crippen LogP contribution >= 0.6 is 0 Å². The van der Waals surface area contributed by atoms with Crippen LogP contribution in [0, 0.1) is 0 Å². The number of aromatic nitrogens is 2. The van der Waals surface area contributed by atoms with Gasteiger partial charge < -0.3 is 9.67 Å². The van der Waals surface area contributed by atoms with E-state index in [1.165, 1.54) is 24.3 Å². The van der Waals surface area contributed by atoms with E-state index in [9.17, 15) is 18.3 Å². The summed E-state index contributed by atoms with van der Waals surface area (Å²) in [6.07, 6.45) is -3.18. The molecule has 2 aromatic rings. The van der Waals surface area contributed by atoms with Gasteiger partial charge in [-0.05, 0) is 12.1 Å². The lowest BCUT2D eigenvalue weighted by Gasteiger charge is -2.08. The number of alkyl halides is 3. The number of benzene rings is 1. The topological polar surface area (TPSA) is 38.0 Å². The number of fused-ring (bicyclic) bond motifs is 1. The van der Waals surface area contributed by atoms with Gasteiger partial charge in [0.05, 0.1) is 11.0 Å². The van der Waals surface area contributed by atoms with Gasteiger partial charge >= 0.3 is 6.18 Å². The van der Waals surface area contributed by atoms with E-state index in [2.05, 4.69) is 11.6 Å². The Balaban J connectivity index is 2.75. The normalized spacial score (nSPS) is 11.9. The minimum atomic E-state index is -4.53. The molecule has 0 aliphatic heterocycles. The van der Waals surface area contributed by atoms with E-state index in [1.54, 1.807) is 0 Å². The highest BCUT2D eigenvalue weighted by atomic mass is 19.4. The third kappa shape index (κ3) is 1.98. The lowest BCUT2D eigenvalue weighted by molar-refractivity contribution is -0.146. The summed E-state index contributed by atoms with van der Waals surface area (Å²) in [5.74, 6) is -1.09. The van der Waals surface area contributed by atoms with Crippen LogP contribution in [0.4, 0.5) is 13.2 Å². The summed E-state index contributed by atoms with van der Waals surface area (Å²) >= 11 is 0. The van der Waals surface area contributed by atoms with Crippen molar-refractivity contribution in [2.75, 3.05) is 0 Å². The van der Waals surface area contributed by atoms with Crippen LogP contribution in [0.25, 0.3) is 11.0 Å². The first-order chi connectivity index (χ1) is 7.93. The van der Waals surface area contributed by atoms with Crippen molar-refractivity contribution in [2.24, 2.45) is 0 Å². The zero-order valence-corrected chi connectivity index (χ0v) is 8.70. The highest BCUT2D eigenvalue weighted by Crippen LogP contribution is 2.32. The fourth-order valence-electron chi connectivity index (χ4n) is 1.64. The van der Waals surface area contributed by atoms with E-state index < -0.39 is 12.0 Å². The molecule has 1 aromatic carbocycles. The van der Waals surface area contributed by atoms with Gasteiger partial charge in [0.1, 0.15) is 5.75 Å². The number of halogens is 3. The molecule has 0 radical (unpaired) electrons. The van der Waals surface area contributed by atoms with Crippen LogP contribution in [-0.4, -0.2) is 14.7 Å². The van der Waals surface area contributed by atoms with E-state index in [0.717, 1.165) is 4.57 Å². The lowest BCUT2D eigenvalue weighted by Crippen LogP contribution is -2.14. The number of imidazole rings is 1. The van der Waals surface area contributed by atoms with Crippen LogP contribution in [0.1, 0.15) is 5.82 Å². The first-order valence-corrected chi connectivity index (χ1v) is 4.81. The molecule has 6 heteroatoms. The van der Waals surface area contributed by atoms with E-state index in [-0.39, 0.29) is 23.3 Å². The Morgan fingerprint density at radius 3 is 2.71 bits per heavy atom. The number of hydrogen-bond donors (Lipinski definition) is 1. The number of allylic oxidation sites excluding steroid dienone is 1. The summed E-state index contributed by atoms with van der Waals surface area (Å²) in [7, 11) is 0. The van der Waals surface area contributed by atoms with Gasteiger partial charge in [-0.25, -0.2) is 4.98 Å². The maximum absolute atomic E-state index is 12.7. The highest BCUT2D eigenvalue weighted by molar-refractivity contribution is 5.78. The minimum Gasteiger partial charge on any atom is -0.508 e. The highest BCUT2D eigenvalue weighted by Gasteiger charge is 2.37. The Labute approximate surface area is 94.8 Å².